The van der Waals surface area contributed by atoms with E-state index in [9.17, 15) is 10.1 Å². The second kappa shape index (κ2) is 7.47. The number of fused-ring (bicyclic) bond motifs is 1. The molecule has 0 spiro atoms. The number of benzene rings is 2. The zero-order valence-corrected chi connectivity index (χ0v) is 16.2. The van der Waals surface area contributed by atoms with E-state index in [2.05, 4.69) is 24.9 Å². The molecule has 1 fully saturated rings. The molecule has 1 amide bonds. The van der Waals surface area contributed by atoms with Crippen LogP contribution in [0.25, 0.3) is 22.2 Å². The van der Waals surface area contributed by atoms with Crippen LogP contribution in [0.2, 0.25) is 0 Å². The molecule has 1 aliphatic rings. The van der Waals surface area contributed by atoms with Gasteiger partial charge in [0.2, 0.25) is 0 Å². The van der Waals surface area contributed by atoms with Crippen LogP contribution >= 0.6 is 0 Å². The first-order valence-corrected chi connectivity index (χ1v) is 9.75. The van der Waals surface area contributed by atoms with Gasteiger partial charge in [-0.3, -0.25) is 4.79 Å². The Hall–Kier alpha value is -3.13. The number of amides is 1. The highest BCUT2D eigenvalue weighted by Crippen LogP contribution is 2.28. The van der Waals surface area contributed by atoms with Gasteiger partial charge in [-0.2, -0.15) is 5.26 Å². The first kappa shape index (κ1) is 18.2. The molecule has 2 heterocycles. The van der Waals surface area contributed by atoms with Crippen LogP contribution in [0.1, 0.15) is 48.9 Å². The highest BCUT2D eigenvalue weighted by atomic mass is 16.3. The molecule has 1 aromatic heterocycles. The fourth-order valence-electron chi connectivity index (χ4n) is 3.65. The number of likely N-dealkylation sites (tertiary alicyclic amines) is 1. The summed E-state index contributed by atoms with van der Waals surface area (Å²) in [5.41, 5.74) is 4.22. The zero-order chi connectivity index (χ0) is 19.7. The van der Waals surface area contributed by atoms with E-state index in [1.807, 2.05) is 42.5 Å². The highest BCUT2D eigenvalue weighted by Gasteiger charge is 2.24. The molecule has 0 bridgehead atoms. The maximum absolute atomic E-state index is 12.9. The Morgan fingerprint density at radius 2 is 2.07 bits per heavy atom. The number of carbonyl (C=O) groups excluding carboxylic acids is 1. The average Bonchev–Trinajstić information content (AvgIpc) is 3.17. The summed E-state index contributed by atoms with van der Waals surface area (Å²) in [7, 11) is 0. The number of nitrogens with zero attached hydrogens (tertiary/aromatic N) is 3. The smallest absolute Gasteiger partial charge is 0.253 e. The lowest BCUT2D eigenvalue weighted by atomic mass is 9.98. The van der Waals surface area contributed by atoms with Crippen LogP contribution in [-0.4, -0.2) is 28.9 Å². The van der Waals surface area contributed by atoms with Crippen LogP contribution < -0.4 is 0 Å². The van der Waals surface area contributed by atoms with Crippen molar-refractivity contribution in [3.63, 3.8) is 0 Å². The molecule has 0 N–H and O–H groups in total. The van der Waals surface area contributed by atoms with Crippen LogP contribution in [0.5, 0.6) is 0 Å². The van der Waals surface area contributed by atoms with Crippen LogP contribution in [0.3, 0.4) is 0 Å². The van der Waals surface area contributed by atoms with E-state index < -0.39 is 0 Å². The van der Waals surface area contributed by atoms with E-state index in [0.29, 0.717) is 18.7 Å². The first-order chi connectivity index (χ1) is 13.5. The molecule has 1 saturated heterocycles. The standard InChI is InChI=1S/C23H23N3O2/c1-15(2)22-25-20-12-18(8-9-21(20)28-22)17-6-3-7-19(11-17)23(27)26-10-4-5-16(13-24)14-26/h3,6-9,11-12,15-16H,4-5,10,14H2,1-2H3/t16-/m0/s1. The Morgan fingerprint density at radius 3 is 2.86 bits per heavy atom. The second-order valence-electron chi connectivity index (χ2n) is 7.69. The van der Waals surface area contributed by atoms with Gasteiger partial charge in [-0.05, 0) is 48.2 Å². The molecule has 1 aliphatic heterocycles. The molecule has 1 atom stereocenters. The quantitative estimate of drug-likeness (QED) is 0.648. The number of oxazole rings is 1. The van der Waals surface area contributed by atoms with Gasteiger partial charge < -0.3 is 9.32 Å². The normalized spacial score (nSPS) is 17.1. The fourth-order valence-corrected chi connectivity index (χ4v) is 3.65. The van der Waals surface area contributed by atoms with Gasteiger partial charge in [0, 0.05) is 24.6 Å². The Labute approximate surface area is 164 Å². The maximum Gasteiger partial charge on any atom is 0.253 e. The predicted molar refractivity (Wildman–Crippen MR) is 108 cm³/mol. The summed E-state index contributed by atoms with van der Waals surface area (Å²) < 4.78 is 5.78. The minimum absolute atomic E-state index is 0.00796. The minimum atomic E-state index is -0.0643. The topological polar surface area (TPSA) is 70.1 Å². The van der Waals surface area contributed by atoms with Gasteiger partial charge in [0.05, 0.1) is 12.0 Å². The summed E-state index contributed by atoms with van der Waals surface area (Å²) in [6, 6.07) is 15.9. The van der Waals surface area contributed by atoms with E-state index >= 15 is 0 Å². The van der Waals surface area contributed by atoms with E-state index in [0.717, 1.165) is 41.0 Å². The van der Waals surface area contributed by atoms with Crippen molar-refractivity contribution in [3.05, 3.63) is 53.9 Å². The maximum atomic E-state index is 12.9. The number of hydrogen-bond acceptors (Lipinski definition) is 4. The fraction of sp³-hybridized carbons (Fsp3) is 0.348. The molecular formula is C23H23N3O2. The predicted octanol–water partition coefficient (Wildman–Crippen LogP) is 4.99. The number of rotatable bonds is 3. The summed E-state index contributed by atoms with van der Waals surface area (Å²) in [5.74, 6) is 0.892. The van der Waals surface area contributed by atoms with Crippen molar-refractivity contribution in [2.24, 2.45) is 5.92 Å². The van der Waals surface area contributed by atoms with Crippen LogP contribution in [0, 0.1) is 17.2 Å². The molecule has 5 heteroatoms. The van der Waals surface area contributed by atoms with Crippen molar-refractivity contribution in [2.45, 2.75) is 32.6 Å². The number of piperidine rings is 1. The molecule has 0 unspecified atom stereocenters. The molecule has 0 saturated carbocycles. The van der Waals surface area contributed by atoms with Gasteiger partial charge in [-0.25, -0.2) is 4.98 Å². The monoisotopic (exact) mass is 373 g/mol. The summed E-state index contributed by atoms with van der Waals surface area (Å²) >= 11 is 0. The van der Waals surface area contributed by atoms with E-state index in [-0.39, 0.29) is 17.7 Å². The van der Waals surface area contributed by atoms with Crippen LogP contribution in [0.4, 0.5) is 0 Å². The van der Waals surface area contributed by atoms with Crippen molar-refractivity contribution >= 4 is 17.0 Å². The van der Waals surface area contributed by atoms with Crippen molar-refractivity contribution in [3.8, 4) is 17.2 Å². The van der Waals surface area contributed by atoms with Crippen LogP contribution in [0.15, 0.2) is 46.9 Å². The SMILES string of the molecule is CC(C)c1nc2cc(-c3cccc(C(=O)N4CCC[C@@H](C#N)C4)c3)ccc2o1. The van der Waals surface area contributed by atoms with Gasteiger partial charge in [0.25, 0.3) is 5.91 Å². The number of carbonyl (C=O) groups is 1. The molecule has 0 radical (unpaired) electrons. The van der Waals surface area contributed by atoms with Crippen molar-refractivity contribution in [1.29, 1.82) is 5.26 Å². The van der Waals surface area contributed by atoms with Crippen molar-refractivity contribution in [1.82, 2.24) is 9.88 Å². The summed E-state index contributed by atoms with van der Waals surface area (Å²) in [5, 5.41) is 9.17. The average molecular weight is 373 g/mol. The minimum Gasteiger partial charge on any atom is -0.440 e. The highest BCUT2D eigenvalue weighted by molar-refractivity contribution is 5.96. The first-order valence-electron chi connectivity index (χ1n) is 9.75. The third-order valence-corrected chi connectivity index (χ3v) is 5.23. The summed E-state index contributed by atoms with van der Waals surface area (Å²) in [6.07, 6.45) is 1.75. The van der Waals surface area contributed by atoms with Gasteiger partial charge in [0.15, 0.2) is 11.5 Å². The Kier molecular flexibility index (Phi) is 4.87. The summed E-state index contributed by atoms with van der Waals surface area (Å²) in [6.45, 7) is 5.34. The lowest BCUT2D eigenvalue weighted by Gasteiger charge is -2.29. The van der Waals surface area contributed by atoms with Gasteiger partial charge in [-0.15, -0.1) is 0 Å². The van der Waals surface area contributed by atoms with Crippen LogP contribution in [-0.2, 0) is 0 Å². The number of hydrogen-bond donors (Lipinski definition) is 0. The second-order valence-corrected chi connectivity index (χ2v) is 7.69. The third-order valence-electron chi connectivity index (χ3n) is 5.23. The Bertz CT molecular complexity index is 1060. The molecule has 28 heavy (non-hydrogen) atoms. The largest absolute Gasteiger partial charge is 0.440 e. The van der Waals surface area contributed by atoms with Crippen molar-refractivity contribution in [2.75, 3.05) is 13.1 Å². The zero-order valence-electron chi connectivity index (χ0n) is 16.2. The van der Waals surface area contributed by atoms with Gasteiger partial charge >= 0.3 is 0 Å². The van der Waals surface area contributed by atoms with Gasteiger partial charge in [-0.1, -0.05) is 32.0 Å². The molecular weight excluding hydrogens is 350 g/mol. The molecule has 0 aliphatic carbocycles. The number of aromatic nitrogens is 1. The Balaban J connectivity index is 1.62. The van der Waals surface area contributed by atoms with E-state index in [4.69, 9.17) is 4.42 Å². The third kappa shape index (κ3) is 3.50. The lowest BCUT2D eigenvalue weighted by molar-refractivity contribution is 0.0699. The Morgan fingerprint density at radius 1 is 1.25 bits per heavy atom. The number of nitriles is 1. The van der Waals surface area contributed by atoms with Gasteiger partial charge in [0.1, 0.15) is 5.52 Å². The van der Waals surface area contributed by atoms with E-state index in [1.165, 1.54) is 0 Å². The molecule has 5 nitrogen and oxygen atoms in total. The molecule has 3 aromatic rings. The molecule has 4 rings (SSSR count). The molecule has 2 aromatic carbocycles. The van der Waals surface area contributed by atoms with E-state index in [1.54, 1.807) is 4.90 Å². The molecule has 142 valence electrons. The van der Waals surface area contributed by atoms with Crippen molar-refractivity contribution < 1.29 is 9.21 Å². The summed E-state index contributed by atoms with van der Waals surface area (Å²) in [4.78, 5) is 19.3. The lowest BCUT2D eigenvalue weighted by Crippen LogP contribution is -2.39.